The van der Waals surface area contributed by atoms with E-state index in [0.717, 1.165) is 28.9 Å². The Morgan fingerprint density at radius 2 is 1.90 bits per heavy atom. The molecular weight excluding hydrogens is 412 g/mol. The maximum atomic E-state index is 13.0. The molecular formula is C24H32N2O4S. The Morgan fingerprint density at radius 3 is 2.52 bits per heavy atom. The lowest BCUT2D eigenvalue weighted by atomic mass is 9.96. The van der Waals surface area contributed by atoms with Gasteiger partial charge in [0.2, 0.25) is 15.9 Å². The number of hydrogen-bond donors (Lipinski definition) is 1. The minimum Gasteiger partial charge on any atom is -0.496 e. The third-order valence-corrected chi connectivity index (χ3v) is 7.84. The van der Waals surface area contributed by atoms with Gasteiger partial charge in [0, 0.05) is 13.1 Å². The highest BCUT2D eigenvalue weighted by molar-refractivity contribution is 7.89. The van der Waals surface area contributed by atoms with Crippen LogP contribution in [0.25, 0.3) is 0 Å². The molecule has 0 aromatic heterocycles. The number of rotatable bonds is 7. The molecule has 1 aliphatic rings. The standard InChI is InChI=1S/C24H32N2O4S/c1-5-22(19-10-13-23(30-4)18(3)15-19)25-24(27)20-7-6-14-26(16-20)31(28,29)21-11-8-17(2)9-12-21/h8-13,15,20,22H,5-7,14,16H2,1-4H3,(H,25,27)/t20-,22+/m0/s1. The number of amides is 1. The summed E-state index contributed by atoms with van der Waals surface area (Å²) in [5.74, 6) is 0.362. The molecule has 2 aromatic rings. The van der Waals surface area contributed by atoms with E-state index in [9.17, 15) is 13.2 Å². The van der Waals surface area contributed by atoms with Crippen LogP contribution in [0.15, 0.2) is 47.4 Å². The number of carbonyl (C=O) groups is 1. The Bertz CT molecular complexity index is 1020. The van der Waals surface area contributed by atoms with Crippen LogP contribution in [0.2, 0.25) is 0 Å². The predicted octanol–water partition coefficient (Wildman–Crippen LogP) is 3.98. The summed E-state index contributed by atoms with van der Waals surface area (Å²) in [4.78, 5) is 13.3. The van der Waals surface area contributed by atoms with Gasteiger partial charge in [-0.3, -0.25) is 4.79 Å². The van der Waals surface area contributed by atoms with Crippen molar-refractivity contribution in [3.63, 3.8) is 0 Å². The van der Waals surface area contributed by atoms with E-state index in [4.69, 9.17) is 4.74 Å². The zero-order valence-corrected chi connectivity index (χ0v) is 19.5. The fourth-order valence-corrected chi connectivity index (χ4v) is 5.59. The molecule has 1 N–H and O–H groups in total. The summed E-state index contributed by atoms with van der Waals surface area (Å²) < 4.78 is 32.9. The zero-order valence-electron chi connectivity index (χ0n) is 18.7. The number of nitrogens with zero attached hydrogens (tertiary/aromatic N) is 1. The Hall–Kier alpha value is -2.38. The first-order valence-corrected chi connectivity index (χ1v) is 12.2. The lowest BCUT2D eigenvalue weighted by molar-refractivity contribution is -0.126. The highest BCUT2D eigenvalue weighted by Crippen LogP contribution is 2.27. The van der Waals surface area contributed by atoms with Crippen molar-refractivity contribution in [2.24, 2.45) is 5.92 Å². The van der Waals surface area contributed by atoms with Gasteiger partial charge in [-0.05, 0) is 62.4 Å². The van der Waals surface area contributed by atoms with E-state index in [2.05, 4.69) is 5.32 Å². The topological polar surface area (TPSA) is 75.7 Å². The smallest absolute Gasteiger partial charge is 0.243 e. The molecule has 168 valence electrons. The number of methoxy groups -OCH3 is 1. The van der Waals surface area contributed by atoms with Crippen LogP contribution in [0.4, 0.5) is 0 Å². The van der Waals surface area contributed by atoms with Gasteiger partial charge in [0.05, 0.1) is 24.0 Å². The van der Waals surface area contributed by atoms with E-state index in [1.54, 1.807) is 31.4 Å². The molecule has 2 atom stereocenters. The first-order chi connectivity index (χ1) is 14.8. The molecule has 3 rings (SSSR count). The summed E-state index contributed by atoms with van der Waals surface area (Å²) in [5, 5.41) is 3.14. The van der Waals surface area contributed by atoms with Crippen molar-refractivity contribution < 1.29 is 17.9 Å². The van der Waals surface area contributed by atoms with E-state index < -0.39 is 10.0 Å². The van der Waals surface area contributed by atoms with Crippen molar-refractivity contribution in [1.29, 1.82) is 0 Å². The van der Waals surface area contributed by atoms with E-state index in [0.29, 0.717) is 19.4 Å². The molecule has 0 unspecified atom stereocenters. The summed E-state index contributed by atoms with van der Waals surface area (Å²) in [6.07, 6.45) is 2.10. The van der Waals surface area contributed by atoms with Gasteiger partial charge in [-0.1, -0.05) is 36.8 Å². The molecule has 0 radical (unpaired) electrons. The van der Waals surface area contributed by atoms with Crippen LogP contribution < -0.4 is 10.1 Å². The first-order valence-electron chi connectivity index (χ1n) is 10.8. The van der Waals surface area contributed by atoms with Gasteiger partial charge in [-0.2, -0.15) is 4.31 Å². The highest BCUT2D eigenvalue weighted by atomic mass is 32.2. The molecule has 6 nitrogen and oxygen atoms in total. The molecule has 0 saturated carbocycles. The third-order valence-electron chi connectivity index (χ3n) is 5.96. The highest BCUT2D eigenvalue weighted by Gasteiger charge is 2.34. The second kappa shape index (κ2) is 9.83. The summed E-state index contributed by atoms with van der Waals surface area (Å²) in [7, 11) is -1.97. The summed E-state index contributed by atoms with van der Waals surface area (Å²) in [6.45, 7) is 6.58. The number of nitrogens with one attached hydrogen (secondary N) is 1. The Morgan fingerprint density at radius 1 is 1.19 bits per heavy atom. The van der Waals surface area contributed by atoms with Gasteiger partial charge < -0.3 is 10.1 Å². The van der Waals surface area contributed by atoms with Crippen LogP contribution in [-0.4, -0.2) is 38.8 Å². The zero-order chi connectivity index (χ0) is 22.6. The number of benzene rings is 2. The average molecular weight is 445 g/mol. The van der Waals surface area contributed by atoms with Crippen molar-refractivity contribution in [3.8, 4) is 5.75 Å². The minimum absolute atomic E-state index is 0.0934. The van der Waals surface area contributed by atoms with E-state index in [1.807, 2.05) is 39.0 Å². The molecule has 2 aromatic carbocycles. The van der Waals surface area contributed by atoms with Crippen LogP contribution in [-0.2, 0) is 14.8 Å². The Balaban J connectivity index is 1.71. The van der Waals surface area contributed by atoms with Crippen molar-refractivity contribution in [1.82, 2.24) is 9.62 Å². The second-order valence-corrected chi connectivity index (χ2v) is 10.2. The quantitative estimate of drug-likeness (QED) is 0.701. The normalized spacial score (nSPS) is 18.4. The van der Waals surface area contributed by atoms with Gasteiger partial charge in [-0.15, -0.1) is 0 Å². The molecule has 0 bridgehead atoms. The molecule has 1 heterocycles. The number of carbonyl (C=O) groups excluding carboxylic acids is 1. The monoisotopic (exact) mass is 444 g/mol. The molecule has 0 spiro atoms. The fourth-order valence-electron chi connectivity index (χ4n) is 4.06. The maximum Gasteiger partial charge on any atom is 0.243 e. The number of aryl methyl sites for hydroxylation is 2. The van der Waals surface area contributed by atoms with Crippen LogP contribution in [0.5, 0.6) is 5.75 Å². The Labute approximate surface area is 185 Å². The maximum absolute atomic E-state index is 13.0. The molecule has 31 heavy (non-hydrogen) atoms. The van der Waals surface area contributed by atoms with E-state index in [-0.39, 0.29) is 29.3 Å². The van der Waals surface area contributed by atoms with Gasteiger partial charge in [0.15, 0.2) is 0 Å². The number of ether oxygens (including phenoxy) is 1. The van der Waals surface area contributed by atoms with Crippen molar-refractivity contribution >= 4 is 15.9 Å². The molecule has 1 aliphatic heterocycles. The van der Waals surface area contributed by atoms with Crippen molar-refractivity contribution in [3.05, 3.63) is 59.2 Å². The van der Waals surface area contributed by atoms with Gasteiger partial charge in [-0.25, -0.2) is 8.42 Å². The summed E-state index contributed by atoms with van der Waals surface area (Å²) in [6, 6.07) is 12.6. The van der Waals surface area contributed by atoms with Gasteiger partial charge in [0.1, 0.15) is 5.75 Å². The largest absolute Gasteiger partial charge is 0.496 e. The SMILES string of the molecule is CC[C@@H](NC(=O)[C@H]1CCCN(S(=O)(=O)c2ccc(C)cc2)C1)c1ccc(OC)c(C)c1. The lowest BCUT2D eigenvalue weighted by Crippen LogP contribution is -2.46. The van der Waals surface area contributed by atoms with Crippen molar-refractivity contribution in [2.75, 3.05) is 20.2 Å². The van der Waals surface area contributed by atoms with E-state index in [1.165, 1.54) is 4.31 Å². The Kier molecular flexibility index (Phi) is 7.38. The predicted molar refractivity (Wildman–Crippen MR) is 122 cm³/mol. The number of piperidine rings is 1. The molecule has 1 saturated heterocycles. The van der Waals surface area contributed by atoms with Crippen LogP contribution >= 0.6 is 0 Å². The minimum atomic E-state index is -3.61. The molecule has 1 amide bonds. The van der Waals surface area contributed by atoms with Crippen LogP contribution in [0, 0.1) is 19.8 Å². The first kappa shape index (κ1) is 23.3. The van der Waals surface area contributed by atoms with Crippen molar-refractivity contribution in [2.45, 2.75) is 51.0 Å². The molecule has 0 aliphatic carbocycles. The van der Waals surface area contributed by atoms with Gasteiger partial charge >= 0.3 is 0 Å². The second-order valence-electron chi connectivity index (χ2n) is 8.21. The van der Waals surface area contributed by atoms with Crippen LogP contribution in [0.3, 0.4) is 0 Å². The average Bonchev–Trinajstić information content (AvgIpc) is 2.77. The molecule has 7 heteroatoms. The summed E-state index contributed by atoms with van der Waals surface area (Å²) in [5.41, 5.74) is 3.05. The third kappa shape index (κ3) is 5.28. The summed E-state index contributed by atoms with van der Waals surface area (Å²) >= 11 is 0. The van der Waals surface area contributed by atoms with Crippen LogP contribution in [0.1, 0.15) is 48.9 Å². The number of hydrogen-bond acceptors (Lipinski definition) is 4. The van der Waals surface area contributed by atoms with E-state index >= 15 is 0 Å². The molecule has 1 fully saturated rings. The number of sulfonamides is 1. The lowest BCUT2D eigenvalue weighted by Gasteiger charge is -2.32. The van der Waals surface area contributed by atoms with Gasteiger partial charge in [0.25, 0.3) is 0 Å². The fraction of sp³-hybridized carbons (Fsp3) is 0.458.